The van der Waals surface area contributed by atoms with Gasteiger partial charge in [0.25, 0.3) is 0 Å². The van der Waals surface area contributed by atoms with Gasteiger partial charge in [0.15, 0.2) is 17.8 Å². The van der Waals surface area contributed by atoms with E-state index in [9.17, 15) is 4.39 Å². The van der Waals surface area contributed by atoms with Crippen LogP contribution in [0.3, 0.4) is 0 Å². The highest BCUT2D eigenvalue weighted by Crippen LogP contribution is 2.58. The van der Waals surface area contributed by atoms with Gasteiger partial charge in [-0.3, -0.25) is 0 Å². The molecule has 0 radical (unpaired) electrons. The highest BCUT2D eigenvalue weighted by molar-refractivity contribution is 5.27. The molecule has 4 heteroatoms. The Bertz CT molecular complexity index is 624. The van der Waals surface area contributed by atoms with Crippen LogP contribution in [0.4, 0.5) is 4.39 Å². The number of nitrogens with zero attached hydrogens (tertiary/aromatic N) is 3. The van der Waals surface area contributed by atoms with Crippen LogP contribution in [0, 0.1) is 5.41 Å². The first kappa shape index (κ1) is 14.2. The lowest BCUT2D eigenvalue weighted by atomic mass is 10.1. The predicted octanol–water partition coefficient (Wildman–Crippen LogP) is 4.44. The molecule has 1 aromatic heterocycles. The Labute approximate surface area is 125 Å². The maximum atomic E-state index is 14.2. The molecule has 2 aliphatic rings. The standard InChI is InChI=1S/C17H22FN3/c1-5-6-7-8-11(2)14-9-13(18)16-19-15(20-21(14)16)12-10-17(12,3)4/h5-8,12-14H,2,9-10H2,1,3-4H3/b6-5-,8-7-/t12?,13-,14-/m0/s1. The average molecular weight is 287 g/mol. The fourth-order valence-electron chi connectivity index (χ4n) is 2.96. The Morgan fingerprint density at radius 2 is 2.14 bits per heavy atom. The summed E-state index contributed by atoms with van der Waals surface area (Å²) in [5.74, 6) is 1.64. The van der Waals surface area contributed by atoms with E-state index in [-0.39, 0.29) is 11.5 Å². The van der Waals surface area contributed by atoms with E-state index in [0.29, 0.717) is 18.2 Å². The van der Waals surface area contributed by atoms with Crippen LogP contribution in [0.2, 0.25) is 0 Å². The second-order valence-corrected chi connectivity index (χ2v) is 6.70. The summed E-state index contributed by atoms with van der Waals surface area (Å²) in [5.41, 5.74) is 1.13. The molecule has 0 bridgehead atoms. The summed E-state index contributed by atoms with van der Waals surface area (Å²) in [7, 11) is 0. The lowest BCUT2D eigenvalue weighted by Gasteiger charge is -2.11. The molecule has 3 atom stereocenters. The molecule has 0 amide bonds. The fraction of sp³-hybridized carbons (Fsp3) is 0.529. The van der Waals surface area contributed by atoms with Gasteiger partial charge in [0.05, 0.1) is 6.04 Å². The summed E-state index contributed by atoms with van der Waals surface area (Å²) in [4.78, 5) is 4.46. The monoisotopic (exact) mass is 287 g/mol. The number of aromatic nitrogens is 3. The van der Waals surface area contributed by atoms with Crippen LogP contribution in [0.5, 0.6) is 0 Å². The first-order valence-electron chi connectivity index (χ1n) is 7.52. The third-order valence-corrected chi connectivity index (χ3v) is 4.55. The largest absolute Gasteiger partial charge is 0.239 e. The third kappa shape index (κ3) is 2.47. The van der Waals surface area contributed by atoms with Gasteiger partial charge in [-0.2, -0.15) is 5.10 Å². The summed E-state index contributed by atoms with van der Waals surface area (Å²) in [6.07, 6.45) is 8.18. The normalized spacial score (nSPS) is 30.2. The first-order valence-corrected chi connectivity index (χ1v) is 7.52. The zero-order valence-electron chi connectivity index (χ0n) is 12.9. The smallest absolute Gasteiger partial charge is 0.162 e. The SMILES string of the molecule is C=C(/C=C\C=C/C)[C@@H]1C[C@H](F)c2nc(C3CC3(C)C)nn21. The van der Waals surface area contributed by atoms with E-state index in [1.54, 1.807) is 4.68 Å². The second kappa shape index (κ2) is 4.93. The number of alkyl halides is 1. The van der Waals surface area contributed by atoms with Crippen molar-refractivity contribution in [2.24, 2.45) is 5.41 Å². The number of hydrogen-bond donors (Lipinski definition) is 0. The van der Waals surface area contributed by atoms with Crippen molar-refractivity contribution in [2.75, 3.05) is 0 Å². The highest BCUT2D eigenvalue weighted by Gasteiger charge is 2.50. The van der Waals surface area contributed by atoms with Gasteiger partial charge in [0.2, 0.25) is 0 Å². The lowest BCUT2D eigenvalue weighted by molar-refractivity contribution is 0.327. The van der Waals surface area contributed by atoms with Crippen LogP contribution >= 0.6 is 0 Å². The van der Waals surface area contributed by atoms with Crippen molar-refractivity contribution in [3.8, 4) is 0 Å². The molecule has 1 unspecified atom stereocenters. The summed E-state index contributed by atoms with van der Waals surface area (Å²) in [6.45, 7) is 10.4. The van der Waals surface area contributed by atoms with Crippen molar-refractivity contribution in [3.05, 3.63) is 48.1 Å². The van der Waals surface area contributed by atoms with E-state index in [0.717, 1.165) is 17.8 Å². The molecule has 1 saturated carbocycles. The van der Waals surface area contributed by atoms with Crippen molar-refractivity contribution >= 4 is 0 Å². The van der Waals surface area contributed by atoms with Gasteiger partial charge in [0, 0.05) is 12.3 Å². The summed E-state index contributed by atoms with van der Waals surface area (Å²) < 4.78 is 15.9. The van der Waals surface area contributed by atoms with Crippen LogP contribution in [-0.4, -0.2) is 14.8 Å². The summed E-state index contributed by atoms with van der Waals surface area (Å²) >= 11 is 0. The van der Waals surface area contributed by atoms with Gasteiger partial charge in [-0.05, 0) is 24.3 Å². The maximum Gasteiger partial charge on any atom is 0.162 e. The number of allylic oxidation sites excluding steroid dienone is 5. The predicted molar refractivity (Wildman–Crippen MR) is 81.8 cm³/mol. The minimum Gasteiger partial charge on any atom is -0.239 e. The quantitative estimate of drug-likeness (QED) is 0.767. The minimum atomic E-state index is -1.04. The zero-order valence-corrected chi connectivity index (χ0v) is 12.9. The van der Waals surface area contributed by atoms with Crippen LogP contribution < -0.4 is 0 Å². The van der Waals surface area contributed by atoms with Gasteiger partial charge in [-0.15, -0.1) is 0 Å². The number of hydrogen-bond acceptors (Lipinski definition) is 2. The average Bonchev–Trinajstić information content (AvgIpc) is 2.79. The van der Waals surface area contributed by atoms with E-state index < -0.39 is 6.17 Å². The Balaban J connectivity index is 1.84. The van der Waals surface area contributed by atoms with Crippen molar-refractivity contribution in [1.82, 2.24) is 14.8 Å². The molecule has 21 heavy (non-hydrogen) atoms. The first-order chi connectivity index (χ1) is 9.94. The molecule has 0 N–H and O–H groups in total. The molecule has 0 aromatic carbocycles. The van der Waals surface area contributed by atoms with Gasteiger partial charge >= 0.3 is 0 Å². The highest BCUT2D eigenvalue weighted by atomic mass is 19.1. The Hall–Kier alpha value is -1.71. The van der Waals surface area contributed by atoms with E-state index >= 15 is 0 Å². The lowest BCUT2D eigenvalue weighted by Crippen LogP contribution is -2.07. The van der Waals surface area contributed by atoms with Crippen LogP contribution in [0.1, 0.15) is 63.4 Å². The molecule has 1 aromatic rings. The Kier molecular flexibility index (Phi) is 3.34. The van der Waals surface area contributed by atoms with E-state index in [1.807, 2.05) is 31.2 Å². The minimum absolute atomic E-state index is 0.111. The molecule has 0 saturated heterocycles. The molecule has 3 nitrogen and oxygen atoms in total. The van der Waals surface area contributed by atoms with Crippen LogP contribution in [0.25, 0.3) is 0 Å². The van der Waals surface area contributed by atoms with Crippen molar-refractivity contribution in [2.45, 2.75) is 51.7 Å². The number of halogens is 1. The number of fused-ring (bicyclic) bond motifs is 1. The second-order valence-electron chi connectivity index (χ2n) is 6.70. The topological polar surface area (TPSA) is 30.7 Å². The molecule has 1 aliphatic carbocycles. The van der Waals surface area contributed by atoms with E-state index in [2.05, 4.69) is 30.5 Å². The van der Waals surface area contributed by atoms with Crippen LogP contribution in [0.15, 0.2) is 36.5 Å². The van der Waals surface area contributed by atoms with Crippen LogP contribution in [-0.2, 0) is 0 Å². The molecule has 2 heterocycles. The van der Waals surface area contributed by atoms with E-state index in [4.69, 9.17) is 0 Å². The molecule has 0 spiro atoms. The summed E-state index contributed by atoms with van der Waals surface area (Å²) in [6, 6.07) is -0.111. The molecule has 1 fully saturated rings. The third-order valence-electron chi connectivity index (χ3n) is 4.55. The van der Waals surface area contributed by atoms with E-state index in [1.165, 1.54) is 0 Å². The molecule has 1 aliphatic heterocycles. The molecular weight excluding hydrogens is 265 g/mol. The molecule has 112 valence electrons. The van der Waals surface area contributed by atoms with Crippen molar-refractivity contribution in [1.29, 1.82) is 0 Å². The molecule has 3 rings (SSSR count). The Morgan fingerprint density at radius 3 is 2.76 bits per heavy atom. The number of rotatable bonds is 4. The van der Waals surface area contributed by atoms with Gasteiger partial charge < -0.3 is 0 Å². The maximum absolute atomic E-state index is 14.2. The summed E-state index contributed by atoms with van der Waals surface area (Å²) in [5, 5.41) is 4.58. The van der Waals surface area contributed by atoms with Crippen molar-refractivity contribution < 1.29 is 4.39 Å². The van der Waals surface area contributed by atoms with Gasteiger partial charge in [-0.1, -0.05) is 44.7 Å². The fourth-order valence-corrected chi connectivity index (χ4v) is 2.96. The van der Waals surface area contributed by atoms with Gasteiger partial charge in [-0.25, -0.2) is 14.1 Å². The zero-order chi connectivity index (χ0) is 15.2. The van der Waals surface area contributed by atoms with Gasteiger partial charge in [0.1, 0.15) is 0 Å². The molecular formula is C17H22FN3. The Morgan fingerprint density at radius 1 is 1.43 bits per heavy atom. The van der Waals surface area contributed by atoms with Crippen molar-refractivity contribution in [3.63, 3.8) is 0 Å².